The summed E-state index contributed by atoms with van der Waals surface area (Å²) < 4.78 is 11.8. The van der Waals surface area contributed by atoms with Crippen molar-refractivity contribution in [3.8, 4) is 5.75 Å². The Hall–Kier alpha value is -3.52. The van der Waals surface area contributed by atoms with Crippen molar-refractivity contribution in [3.63, 3.8) is 0 Å². The van der Waals surface area contributed by atoms with E-state index in [-0.39, 0.29) is 36.0 Å². The SMILES string of the molecule is Cc1c(OC2CCN(C)CC2)ccc2cc(CC(=O)Cc3ccc([N+](=O)[O-])cc3)c(=O)oc12. The lowest BCUT2D eigenvalue weighted by atomic mass is 10.0. The molecule has 0 amide bonds. The third-order valence-corrected chi connectivity index (χ3v) is 6.07. The van der Waals surface area contributed by atoms with Crippen LogP contribution >= 0.6 is 0 Å². The van der Waals surface area contributed by atoms with Crippen molar-refractivity contribution >= 4 is 22.4 Å². The predicted molar refractivity (Wildman–Crippen MR) is 124 cm³/mol. The summed E-state index contributed by atoms with van der Waals surface area (Å²) in [6, 6.07) is 11.3. The molecule has 0 atom stereocenters. The number of non-ortho nitro benzene ring substituents is 1. The zero-order chi connectivity index (χ0) is 23.5. The van der Waals surface area contributed by atoms with Crippen LogP contribution in [0, 0.1) is 17.0 Å². The number of nitro groups is 1. The molecule has 8 heteroatoms. The molecule has 0 N–H and O–H groups in total. The van der Waals surface area contributed by atoms with Crippen molar-refractivity contribution in [2.24, 2.45) is 0 Å². The molecule has 2 heterocycles. The van der Waals surface area contributed by atoms with E-state index >= 15 is 0 Å². The Bertz CT molecular complexity index is 1240. The van der Waals surface area contributed by atoms with E-state index in [2.05, 4.69) is 11.9 Å². The summed E-state index contributed by atoms with van der Waals surface area (Å²) in [5.74, 6) is 0.539. The lowest BCUT2D eigenvalue weighted by molar-refractivity contribution is -0.384. The van der Waals surface area contributed by atoms with Crippen LogP contribution in [0.1, 0.15) is 29.5 Å². The summed E-state index contributed by atoms with van der Waals surface area (Å²) in [4.78, 5) is 37.7. The van der Waals surface area contributed by atoms with E-state index in [1.54, 1.807) is 18.2 Å². The van der Waals surface area contributed by atoms with Gasteiger partial charge in [-0.2, -0.15) is 0 Å². The number of carbonyl (C=O) groups is 1. The molecule has 3 aromatic rings. The van der Waals surface area contributed by atoms with E-state index < -0.39 is 10.5 Å². The first-order chi connectivity index (χ1) is 15.8. The zero-order valence-corrected chi connectivity index (χ0v) is 18.7. The Morgan fingerprint density at radius 1 is 1.15 bits per heavy atom. The summed E-state index contributed by atoms with van der Waals surface area (Å²) in [6.07, 6.45) is 2.06. The van der Waals surface area contributed by atoms with E-state index in [1.165, 1.54) is 12.1 Å². The Morgan fingerprint density at radius 2 is 1.85 bits per heavy atom. The van der Waals surface area contributed by atoms with Crippen molar-refractivity contribution in [2.45, 2.75) is 38.7 Å². The molecular weight excluding hydrogens is 424 g/mol. The Balaban J connectivity index is 1.48. The van der Waals surface area contributed by atoms with Crippen LogP contribution in [0.15, 0.2) is 51.7 Å². The summed E-state index contributed by atoms with van der Waals surface area (Å²) >= 11 is 0. The molecule has 0 unspecified atom stereocenters. The molecule has 1 aliphatic rings. The van der Waals surface area contributed by atoms with Gasteiger partial charge in [-0.05, 0) is 50.6 Å². The van der Waals surface area contributed by atoms with Gasteiger partial charge in [0.2, 0.25) is 0 Å². The van der Waals surface area contributed by atoms with Gasteiger partial charge in [-0.15, -0.1) is 0 Å². The maximum absolute atomic E-state index is 12.6. The minimum absolute atomic E-state index is 0.0316. The molecule has 8 nitrogen and oxygen atoms in total. The number of piperidine rings is 1. The normalized spacial score (nSPS) is 15.0. The third kappa shape index (κ3) is 5.28. The quantitative estimate of drug-likeness (QED) is 0.306. The fraction of sp³-hybridized carbons (Fsp3) is 0.360. The van der Waals surface area contributed by atoms with Gasteiger partial charge in [0.15, 0.2) is 0 Å². The van der Waals surface area contributed by atoms with Crippen molar-refractivity contribution in [1.82, 2.24) is 4.90 Å². The van der Waals surface area contributed by atoms with E-state index in [4.69, 9.17) is 9.15 Å². The second-order valence-electron chi connectivity index (χ2n) is 8.60. The highest BCUT2D eigenvalue weighted by Crippen LogP contribution is 2.29. The second kappa shape index (κ2) is 9.54. The maximum Gasteiger partial charge on any atom is 0.339 e. The molecule has 2 aromatic carbocycles. The lowest BCUT2D eigenvalue weighted by Crippen LogP contribution is -2.35. The fourth-order valence-electron chi connectivity index (χ4n) is 4.12. The summed E-state index contributed by atoms with van der Waals surface area (Å²) in [5, 5.41) is 11.5. The molecule has 0 radical (unpaired) electrons. The zero-order valence-electron chi connectivity index (χ0n) is 18.7. The summed E-state index contributed by atoms with van der Waals surface area (Å²) in [5.41, 5.74) is 1.61. The largest absolute Gasteiger partial charge is 0.490 e. The molecule has 1 saturated heterocycles. The number of rotatable bonds is 7. The molecule has 1 fully saturated rings. The molecule has 33 heavy (non-hydrogen) atoms. The van der Waals surface area contributed by atoms with Crippen molar-refractivity contribution in [2.75, 3.05) is 20.1 Å². The molecule has 0 bridgehead atoms. The number of hydrogen-bond donors (Lipinski definition) is 0. The van der Waals surface area contributed by atoms with Gasteiger partial charge in [0, 0.05) is 54.6 Å². The number of benzene rings is 2. The first kappa shape index (κ1) is 22.7. The van der Waals surface area contributed by atoms with Gasteiger partial charge < -0.3 is 14.1 Å². The van der Waals surface area contributed by atoms with E-state index in [1.807, 2.05) is 19.1 Å². The number of Topliss-reactive ketones (excluding diaryl/α,β-unsaturated/α-hetero) is 1. The Morgan fingerprint density at radius 3 is 2.52 bits per heavy atom. The summed E-state index contributed by atoms with van der Waals surface area (Å²) in [6.45, 7) is 3.85. The van der Waals surface area contributed by atoms with Crippen LogP contribution in [-0.4, -0.2) is 41.8 Å². The number of ketones is 1. The van der Waals surface area contributed by atoms with E-state index in [9.17, 15) is 19.7 Å². The van der Waals surface area contributed by atoms with Crippen LogP contribution in [-0.2, 0) is 17.6 Å². The van der Waals surface area contributed by atoms with Gasteiger partial charge in [-0.3, -0.25) is 14.9 Å². The van der Waals surface area contributed by atoms with Crippen LogP contribution in [0.3, 0.4) is 0 Å². The smallest absolute Gasteiger partial charge is 0.339 e. The van der Waals surface area contributed by atoms with Gasteiger partial charge in [0.1, 0.15) is 23.2 Å². The molecule has 1 aromatic heterocycles. The van der Waals surface area contributed by atoms with Crippen LogP contribution in [0.5, 0.6) is 5.75 Å². The minimum atomic E-state index is -0.543. The van der Waals surface area contributed by atoms with Gasteiger partial charge in [0.05, 0.1) is 4.92 Å². The topological polar surface area (TPSA) is 103 Å². The highest BCUT2D eigenvalue weighted by Gasteiger charge is 2.20. The van der Waals surface area contributed by atoms with Gasteiger partial charge in [0.25, 0.3) is 5.69 Å². The molecule has 0 saturated carbocycles. The molecule has 1 aliphatic heterocycles. The Kier molecular flexibility index (Phi) is 6.55. The van der Waals surface area contributed by atoms with Crippen LogP contribution in [0.2, 0.25) is 0 Å². The highest BCUT2D eigenvalue weighted by atomic mass is 16.6. The van der Waals surface area contributed by atoms with E-state index in [0.717, 1.165) is 36.9 Å². The number of likely N-dealkylation sites (tertiary alicyclic amines) is 1. The molecule has 4 rings (SSSR count). The number of carbonyl (C=O) groups excluding carboxylic acids is 1. The highest BCUT2D eigenvalue weighted by molar-refractivity contribution is 5.86. The minimum Gasteiger partial charge on any atom is -0.490 e. The number of hydrogen-bond acceptors (Lipinski definition) is 7. The second-order valence-corrected chi connectivity index (χ2v) is 8.60. The number of nitrogens with zero attached hydrogens (tertiary/aromatic N) is 2. The maximum atomic E-state index is 12.6. The molecule has 0 aliphatic carbocycles. The Labute approximate surface area is 190 Å². The first-order valence-corrected chi connectivity index (χ1v) is 11.0. The summed E-state index contributed by atoms with van der Waals surface area (Å²) in [7, 11) is 2.10. The number of aryl methyl sites for hydroxylation is 1. The molecule has 172 valence electrons. The van der Waals surface area contributed by atoms with E-state index in [0.29, 0.717) is 16.9 Å². The van der Waals surface area contributed by atoms with Gasteiger partial charge in [-0.1, -0.05) is 12.1 Å². The van der Waals surface area contributed by atoms with Crippen molar-refractivity contribution < 1.29 is 18.9 Å². The molecular formula is C25H26N2O6. The monoisotopic (exact) mass is 450 g/mol. The number of ether oxygens (including phenoxy) is 1. The van der Waals surface area contributed by atoms with Crippen molar-refractivity contribution in [1.29, 1.82) is 0 Å². The number of nitro benzene ring substituents is 1. The number of fused-ring (bicyclic) bond motifs is 1. The molecule has 0 spiro atoms. The van der Waals surface area contributed by atoms with Gasteiger partial charge in [-0.25, -0.2) is 4.79 Å². The average Bonchev–Trinajstić information content (AvgIpc) is 2.78. The van der Waals surface area contributed by atoms with Crippen LogP contribution < -0.4 is 10.4 Å². The van der Waals surface area contributed by atoms with Crippen molar-refractivity contribution in [3.05, 3.63) is 79.7 Å². The fourth-order valence-corrected chi connectivity index (χ4v) is 4.12. The first-order valence-electron chi connectivity index (χ1n) is 11.0. The van der Waals surface area contributed by atoms with Crippen LogP contribution in [0.4, 0.5) is 5.69 Å². The van der Waals surface area contributed by atoms with Gasteiger partial charge >= 0.3 is 5.63 Å². The average molecular weight is 450 g/mol. The lowest BCUT2D eigenvalue weighted by Gasteiger charge is -2.29. The standard InChI is InChI=1S/C25H26N2O6/c1-16-23(32-22-9-11-26(2)12-10-22)8-5-18-14-19(25(29)33-24(16)18)15-21(28)13-17-3-6-20(7-4-17)27(30)31/h3-8,14,22H,9-13,15H2,1-2H3. The third-order valence-electron chi connectivity index (χ3n) is 6.07. The predicted octanol–water partition coefficient (Wildman–Crippen LogP) is 3.84. The van der Waals surface area contributed by atoms with Crippen LogP contribution in [0.25, 0.3) is 11.0 Å².